The fraction of sp³-hybridized carbons (Fsp3) is 0.652. The minimum absolute atomic E-state index is 0.187. The molecule has 7 nitrogen and oxygen atoms in total. The van der Waals surface area contributed by atoms with Crippen LogP contribution in [-0.4, -0.2) is 58.6 Å². The van der Waals surface area contributed by atoms with Crippen LogP contribution in [-0.2, 0) is 30.2 Å². The number of rotatable bonds is 7. The Morgan fingerprint density at radius 1 is 1.00 bits per heavy atom. The number of nitrogens with zero attached hydrogens (tertiary/aromatic N) is 1. The van der Waals surface area contributed by atoms with Crippen LogP contribution in [0.5, 0.6) is 0 Å². The average molecular weight is 420 g/mol. The van der Waals surface area contributed by atoms with Crippen LogP contribution in [0, 0.1) is 0 Å². The number of benzene rings is 1. The molecule has 7 heteroatoms. The van der Waals surface area contributed by atoms with Gasteiger partial charge in [0.25, 0.3) is 0 Å². The predicted molar refractivity (Wildman–Crippen MR) is 110 cm³/mol. The summed E-state index contributed by atoms with van der Waals surface area (Å²) in [4.78, 5) is 0. The van der Waals surface area contributed by atoms with Gasteiger partial charge >= 0.3 is 0 Å². The molecule has 6 atom stereocenters. The van der Waals surface area contributed by atoms with Gasteiger partial charge in [0.15, 0.2) is 17.9 Å². The number of hydrogen-bond donors (Lipinski definition) is 1. The molecule has 0 spiro atoms. The molecule has 0 saturated carbocycles. The van der Waals surface area contributed by atoms with Crippen molar-refractivity contribution in [2.45, 2.75) is 95.4 Å². The molecule has 3 heterocycles. The Morgan fingerprint density at radius 2 is 1.63 bits per heavy atom. The van der Waals surface area contributed by atoms with Crippen LogP contribution in [0.25, 0.3) is 0 Å². The molecular weight excluding hydrogens is 386 g/mol. The lowest BCUT2D eigenvalue weighted by Crippen LogP contribution is -2.56. The summed E-state index contributed by atoms with van der Waals surface area (Å²) < 4.78 is 30.7. The number of fused-ring (bicyclic) bond motifs is 3. The third-order valence-corrected chi connectivity index (χ3v) is 5.80. The molecule has 4 rings (SSSR count). The predicted octanol–water partition coefficient (Wildman–Crippen LogP) is 3.61. The van der Waals surface area contributed by atoms with E-state index < -0.39 is 17.9 Å². The maximum atomic E-state index is 10.8. The molecule has 30 heavy (non-hydrogen) atoms. The third kappa shape index (κ3) is 4.62. The number of ether oxygens (including phenoxy) is 5. The summed E-state index contributed by atoms with van der Waals surface area (Å²) >= 11 is 0. The fourth-order valence-corrected chi connectivity index (χ4v) is 4.58. The van der Waals surface area contributed by atoms with Crippen LogP contribution >= 0.6 is 0 Å². The van der Waals surface area contributed by atoms with Gasteiger partial charge in [0, 0.05) is 12.6 Å². The van der Waals surface area contributed by atoms with Crippen LogP contribution in [0.4, 0.5) is 0 Å². The van der Waals surface area contributed by atoms with Crippen LogP contribution in [0.1, 0.15) is 46.1 Å². The van der Waals surface area contributed by atoms with Gasteiger partial charge in [-0.1, -0.05) is 36.4 Å². The van der Waals surface area contributed by atoms with Gasteiger partial charge in [-0.25, -0.2) is 0 Å². The molecule has 3 fully saturated rings. The van der Waals surface area contributed by atoms with E-state index in [0.29, 0.717) is 19.4 Å². The summed E-state index contributed by atoms with van der Waals surface area (Å²) in [6, 6.07) is 9.69. The maximum Gasteiger partial charge on any atom is 0.190 e. The molecule has 3 saturated heterocycles. The lowest BCUT2D eigenvalue weighted by atomic mass is 9.93. The second kappa shape index (κ2) is 8.31. The Kier molecular flexibility index (Phi) is 6.07. The molecule has 0 amide bonds. The minimum Gasteiger partial charge on any atom is -0.344 e. The van der Waals surface area contributed by atoms with E-state index in [4.69, 9.17) is 23.7 Å². The summed E-state index contributed by atoms with van der Waals surface area (Å²) in [5, 5.41) is 12.2. The topological polar surface area (TPSA) is 69.6 Å². The first kappa shape index (κ1) is 21.9. The molecule has 3 aliphatic rings. The molecule has 0 radical (unpaired) electrons. The van der Waals surface area contributed by atoms with Gasteiger partial charge in [-0.15, -0.1) is 6.58 Å². The van der Waals surface area contributed by atoms with Crippen LogP contribution < -0.4 is 0 Å². The number of hydrogen-bond acceptors (Lipinski definition) is 7. The Labute approximate surface area is 178 Å². The van der Waals surface area contributed by atoms with Gasteiger partial charge in [-0.2, -0.15) is 5.06 Å². The monoisotopic (exact) mass is 419 g/mol. The van der Waals surface area contributed by atoms with Gasteiger partial charge in [0.2, 0.25) is 0 Å². The summed E-state index contributed by atoms with van der Waals surface area (Å²) in [5.74, 6) is -1.49. The summed E-state index contributed by atoms with van der Waals surface area (Å²) in [5.41, 5.74) is 1.03. The molecule has 0 aliphatic carbocycles. The highest BCUT2D eigenvalue weighted by atomic mass is 16.9. The molecule has 0 aromatic heterocycles. The maximum absolute atomic E-state index is 10.8. The Morgan fingerprint density at radius 3 is 2.33 bits per heavy atom. The zero-order chi connectivity index (χ0) is 21.5. The van der Waals surface area contributed by atoms with E-state index in [1.165, 1.54) is 5.06 Å². The first-order valence-electron chi connectivity index (χ1n) is 10.6. The smallest absolute Gasteiger partial charge is 0.190 e. The van der Waals surface area contributed by atoms with Crippen molar-refractivity contribution in [3.8, 4) is 0 Å². The second-order valence-electron chi connectivity index (χ2n) is 9.20. The first-order valence-corrected chi connectivity index (χ1v) is 10.6. The molecule has 1 aromatic carbocycles. The van der Waals surface area contributed by atoms with E-state index in [1.807, 2.05) is 64.1 Å². The highest BCUT2D eigenvalue weighted by Gasteiger charge is 2.60. The normalized spacial score (nSPS) is 35.1. The van der Waals surface area contributed by atoms with Crippen molar-refractivity contribution in [1.82, 2.24) is 5.06 Å². The largest absolute Gasteiger partial charge is 0.344 e. The zero-order valence-corrected chi connectivity index (χ0v) is 18.2. The fourth-order valence-electron chi connectivity index (χ4n) is 4.58. The van der Waals surface area contributed by atoms with Crippen molar-refractivity contribution in [2.75, 3.05) is 0 Å². The average Bonchev–Trinajstić information content (AvgIpc) is 3.16. The van der Waals surface area contributed by atoms with Gasteiger partial charge in [-0.3, -0.25) is 0 Å². The molecular formula is C23H33NO6. The van der Waals surface area contributed by atoms with E-state index in [0.717, 1.165) is 5.56 Å². The van der Waals surface area contributed by atoms with Crippen molar-refractivity contribution in [3.05, 3.63) is 48.6 Å². The first-order chi connectivity index (χ1) is 14.2. The molecule has 3 aliphatic heterocycles. The Balaban J connectivity index is 1.51. The highest BCUT2D eigenvalue weighted by Crippen LogP contribution is 2.45. The van der Waals surface area contributed by atoms with Gasteiger partial charge in [-0.05, 0) is 46.1 Å². The van der Waals surface area contributed by atoms with Gasteiger partial charge < -0.3 is 28.9 Å². The van der Waals surface area contributed by atoms with E-state index >= 15 is 0 Å². The quantitative estimate of drug-likeness (QED) is 0.535. The lowest BCUT2D eigenvalue weighted by molar-refractivity contribution is -0.243. The molecule has 1 aromatic rings. The van der Waals surface area contributed by atoms with E-state index in [2.05, 4.69) is 6.58 Å². The Bertz CT molecular complexity index is 738. The van der Waals surface area contributed by atoms with E-state index in [1.54, 1.807) is 0 Å². The van der Waals surface area contributed by atoms with Crippen molar-refractivity contribution in [1.29, 1.82) is 0 Å². The SMILES string of the molecule is C=CC[C@H](C[C@H]1O[C@@H]2OC(C)(C)O[C@@H]2[C@H]2OC(C)(C)O[C@H]21)N(O)Cc1ccccc1. The summed E-state index contributed by atoms with van der Waals surface area (Å²) in [6.07, 6.45) is 1.17. The van der Waals surface area contributed by atoms with Crippen LogP contribution in [0.2, 0.25) is 0 Å². The standard InChI is InChI=1S/C23H33NO6/c1-6-10-16(24(25)14-15-11-8-7-9-12-15)13-17-18-19(28-22(2,3)27-18)20-21(26-17)30-23(4,5)29-20/h6-9,11-12,16-21,25H,1,10,13-14H2,2-5H3/t16-,17-,18+,19+,20-,21-/m1/s1. The van der Waals surface area contributed by atoms with Gasteiger partial charge in [0.1, 0.15) is 18.3 Å². The molecule has 0 bridgehead atoms. The minimum atomic E-state index is -0.748. The molecule has 0 unspecified atom stereocenters. The third-order valence-electron chi connectivity index (χ3n) is 5.80. The van der Waals surface area contributed by atoms with Crippen molar-refractivity contribution in [2.24, 2.45) is 0 Å². The lowest BCUT2D eigenvalue weighted by Gasteiger charge is -2.39. The second-order valence-corrected chi connectivity index (χ2v) is 9.20. The Hall–Kier alpha value is -1.32. The highest BCUT2D eigenvalue weighted by molar-refractivity contribution is 5.14. The van der Waals surface area contributed by atoms with Gasteiger partial charge in [0.05, 0.1) is 6.10 Å². The van der Waals surface area contributed by atoms with E-state index in [9.17, 15) is 5.21 Å². The van der Waals surface area contributed by atoms with E-state index in [-0.39, 0.29) is 30.5 Å². The summed E-state index contributed by atoms with van der Waals surface area (Å²) in [6.45, 7) is 11.8. The zero-order valence-electron chi connectivity index (χ0n) is 18.2. The van der Waals surface area contributed by atoms with Crippen molar-refractivity contribution >= 4 is 0 Å². The van der Waals surface area contributed by atoms with Crippen molar-refractivity contribution < 1.29 is 28.9 Å². The summed E-state index contributed by atoms with van der Waals surface area (Å²) in [7, 11) is 0. The molecule has 1 N–H and O–H groups in total. The van der Waals surface area contributed by atoms with Crippen LogP contribution in [0.3, 0.4) is 0 Å². The molecule has 166 valence electrons. The number of hydroxylamine groups is 2. The van der Waals surface area contributed by atoms with Crippen molar-refractivity contribution in [3.63, 3.8) is 0 Å². The van der Waals surface area contributed by atoms with Crippen LogP contribution in [0.15, 0.2) is 43.0 Å².